The fourth-order valence-corrected chi connectivity index (χ4v) is 5.84. The molecule has 4 nitrogen and oxygen atoms in total. The van der Waals surface area contributed by atoms with E-state index in [-0.39, 0.29) is 11.8 Å². The molecule has 0 saturated heterocycles. The molecule has 1 aliphatic rings. The first kappa shape index (κ1) is 25.8. The lowest BCUT2D eigenvalue weighted by Gasteiger charge is -2.23. The van der Waals surface area contributed by atoms with Gasteiger partial charge in [-0.05, 0) is 78.3 Å². The zero-order valence-electron chi connectivity index (χ0n) is 22.5. The number of anilines is 1. The normalized spacial score (nSPS) is 14.6. The first-order valence-electron chi connectivity index (χ1n) is 14.2. The summed E-state index contributed by atoms with van der Waals surface area (Å²) in [5, 5.41) is 4.20. The number of rotatable bonds is 8. The number of aldehydes is 1. The van der Waals surface area contributed by atoms with Crippen LogP contribution in [0.1, 0.15) is 71.0 Å². The molecule has 0 radical (unpaired) electrons. The van der Waals surface area contributed by atoms with E-state index in [1.807, 2.05) is 66.7 Å². The molecule has 1 aliphatic carbocycles. The molecular formula is C36H33NO3. The lowest BCUT2D eigenvalue weighted by atomic mass is 9.83. The van der Waals surface area contributed by atoms with Gasteiger partial charge in [0.2, 0.25) is 5.91 Å². The maximum atomic E-state index is 13.7. The summed E-state index contributed by atoms with van der Waals surface area (Å²) in [6, 6.07) is 33.9. The molecule has 5 aromatic rings. The largest absolute Gasteiger partial charge is 0.456 e. The topological polar surface area (TPSA) is 59.3 Å². The average molecular weight is 528 g/mol. The fraction of sp³-hybridized carbons (Fsp3) is 0.222. The van der Waals surface area contributed by atoms with Gasteiger partial charge in [0, 0.05) is 22.2 Å². The van der Waals surface area contributed by atoms with Gasteiger partial charge in [-0.1, -0.05) is 86.0 Å². The first-order valence-corrected chi connectivity index (χ1v) is 14.2. The summed E-state index contributed by atoms with van der Waals surface area (Å²) in [6.07, 6.45) is 7.80. The minimum atomic E-state index is -0.363. The van der Waals surface area contributed by atoms with Crippen molar-refractivity contribution in [1.29, 1.82) is 0 Å². The Labute approximate surface area is 235 Å². The van der Waals surface area contributed by atoms with E-state index < -0.39 is 0 Å². The standard InChI is InChI=1S/C36H33NO3/c38-24-26-12-10-25(11-13-26)22-33(29-16-14-28(15-17-29)27-6-2-1-3-7-27)36(39)37-32-20-18-30(19-21-32)35-23-31-8-4-5-9-34(31)40-35/h4-5,8-21,23-24,27,33H,1-3,6-7,22H2,(H,37,39). The highest BCUT2D eigenvalue weighted by Crippen LogP contribution is 2.34. The smallest absolute Gasteiger partial charge is 0.232 e. The Morgan fingerprint density at radius 2 is 1.57 bits per heavy atom. The van der Waals surface area contributed by atoms with Crippen molar-refractivity contribution in [3.63, 3.8) is 0 Å². The second-order valence-electron chi connectivity index (χ2n) is 10.8. The molecule has 1 fully saturated rings. The molecular weight excluding hydrogens is 494 g/mol. The molecule has 0 aliphatic heterocycles. The summed E-state index contributed by atoms with van der Waals surface area (Å²) in [7, 11) is 0. The van der Waals surface area contributed by atoms with E-state index in [0.717, 1.165) is 45.4 Å². The van der Waals surface area contributed by atoms with Crippen molar-refractivity contribution >= 4 is 28.8 Å². The molecule has 1 heterocycles. The van der Waals surface area contributed by atoms with Gasteiger partial charge >= 0.3 is 0 Å². The first-order chi connectivity index (χ1) is 19.7. The number of carbonyl (C=O) groups excluding carboxylic acids is 2. The van der Waals surface area contributed by atoms with Crippen LogP contribution in [0.5, 0.6) is 0 Å². The van der Waals surface area contributed by atoms with Crippen molar-refractivity contribution in [3.8, 4) is 11.3 Å². The summed E-state index contributed by atoms with van der Waals surface area (Å²) in [4.78, 5) is 24.8. The molecule has 1 saturated carbocycles. The Morgan fingerprint density at radius 3 is 2.27 bits per heavy atom. The van der Waals surface area contributed by atoms with Gasteiger partial charge in [0.25, 0.3) is 0 Å². The summed E-state index contributed by atoms with van der Waals surface area (Å²) in [5.41, 5.74) is 6.57. The highest BCUT2D eigenvalue weighted by Gasteiger charge is 2.23. The van der Waals surface area contributed by atoms with E-state index in [2.05, 4.69) is 29.6 Å². The second kappa shape index (κ2) is 11.7. The Morgan fingerprint density at radius 1 is 0.850 bits per heavy atom. The van der Waals surface area contributed by atoms with Crippen LogP contribution in [-0.4, -0.2) is 12.2 Å². The molecule has 0 spiro atoms. The number of fused-ring (bicyclic) bond motifs is 1. The van der Waals surface area contributed by atoms with Crippen molar-refractivity contribution in [3.05, 3.63) is 125 Å². The molecule has 1 N–H and O–H groups in total. The number of hydrogen-bond acceptors (Lipinski definition) is 3. The average Bonchev–Trinajstić information content (AvgIpc) is 3.45. The zero-order valence-corrected chi connectivity index (χ0v) is 22.5. The number of benzene rings is 4. The van der Waals surface area contributed by atoms with Gasteiger partial charge in [0.1, 0.15) is 17.6 Å². The van der Waals surface area contributed by atoms with Gasteiger partial charge in [0.15, 0.2) is 0 Å². The Kier molecular flexibility index (Phi) is 7.58. The maximum absolute atomic E-state index is 13.7. The van der Waals surface area contributed by atoms with Gasteiger partial charge in [-0.15, -0.1) is 0 Å². The molecule has 40 heavy (non-hydrogen) atoms. The Hall–Kier alpha value is -4.44. The number of furan rings is 1. The van der Waals surface area contributed by atoms with Gasteiger partial charge in [-0.25, -0.2) is 0 Å². The zero-order chi connectivity index (χ0) is 27.3. The highest BCUT2D eigenvalue weighted by molar-refractivity contribution is 5.96. The summed E-state index contributed by atoms with van der Waals surface area (Å²) < 4.78 is 6.00. The molecule has 4 heteroatoms. The van der Waals surface area contributed by atoms with E-state index in [1.165, 1.54) is 37.7 Å². The van der Waals surface area contributed by atoms with Crippen LogP contribution in [0, 0.1) is 0 Å². The monoisotopic (exact) mass is 527 g/mol. The lowest BCUT2D eigenvalue weighted by molar-refractivity contribution is -0.117. The van der Waals surface area contributed by atoms with E-state index in [9.17, 15) is 9.59 Å². The summed E-state index contributed by atoms with van der Waals surface area (Å²) in [5.74, 6) is 1.00. The molecule has 0 bridgehead atoms. The Bertz CT molecular complexity index is 1560. The quantitative estimate of drug-likeness (QED) is 0.205. The number of amides is 1. The fourth-order valence-electron chi connectivity index (χ4n) is 5.84. The maximum Gasteiger partial charge on any atom is 0.232 e. The summed E-state index contributed by atoms with van der Waals surface area (Å²) in [6.45, 7) is 0. The minimum absolute atomic E-state index is 0.0543. The number of para-hydroxylation sites is 1. The predicted octanol–water partition coefficient (Wildman–Crippen LogP) is 8.93. The van der Waals surface area contributed by atoms with Crippen molar-refractivity contribution < 1.29 is 14.0 Å². The third-order valence-electron chi connectivity index (χ3n) is 8.15. The van der Waals surface area contributed by atoms with Crippen LogP contribution in [-0.2, 0) is 11.2 Å². The van der Waals surface area contributed by atoms with Gasteiger partial charge < -0.3 is 9.73 Å². The molecule has 200 valence electrons. The third kappa shape index (κ3) is 5.76. The number of carbonyl (C=O) groups is 2. The third-order valence-corrected chi connectivity index (χ3v) is 8.15. The molecule has 6 rings (SSSR count). The van der Waals surface area contributed by atoms with Crippen molar-refractivity contribution in [2.24, 2.45) is 0 Å². The van der Waals surface area contributed by atoms with Crippen LogP contribution in [0.15, 0.2) is 108 Å². The van der Waals surface area contributed by atoms with E-state index in [0.29, 0.717) is 17.9 Å². The molecule has 4 aromatic carbocycles. The number of nitrogens with one attached hydrogen (secondary N) is 1. The predicted molar refractivity (Wildman–Crippen MR) is 161 cm³/mol. The minimum Gasteiger partial charge on any atom is -0.456 e. The van der Waals surface area contributed by atoms with Crippen LogP contribution in [0.2, 0.25) is 0 Å². The molecule has 1 amide bonds. The summed E-state index contributed by atoms with van der Waals surface area (Å²) >= 11 is 0. The highest BCUT2D eigenvalue weighted by atomic mass is 16.3. The van der Waals surface area contributed by atoms with Crippen LogP contribution < -0.4 is 5.32 Å². The van der Waals surface area contributed by atoms with Gasteiger partial charge in [0.05, 0.1) is 5.92 Å². The second-order valence-corrected chi connectivity index (χ2v) is 10.8. The van der Waals surface area contributed by atoms with Crippen LogP contribution in [0.25, 0.3) is 22.3 Å². The lowest BCUT2D eigenvalue weighted by Crippen LogP contribution is -2.23. The molecule has 1 unspecified atom stereocenters. The van der Waals surface area contributed by atoms with Gasteiger partial charge in [-0.3, -0.25) is 9.59 Å². The van der Waals surface area contributed by atoms with Crippen LogP contribution in [0.3, 0.4) is 0 Å². The SMILES string of the molecule is O=Cc1ccc(CC(C(=O)Nc2ccc(-c3cc4ccccc4o3)cc2)c2ccc(C3CCCCC3)cc2)cc1. The van der Waals surface area contributed by atoms with E-state index >= 15 is 0 Å². The van der Waals surface area contributed by atoms with Crippen molar-refractivity contribution in [2.75, 3.05) is 5.32 Å². The number of hydrogen-bond donors (Lipinski definition) is 1. The van der Waals surface area contributed by atoms with E-state index in [4.69, 9.17) is 4.42 Å². The van der Waals surface area contributed by atoms with Crippen LogP contribution in [0.4, 0.5) is 5.69 Å². The van der Waals surface area contributed by atoms with E-state index in [1.54, 1.807) is 12.1 Å². The molecule has 1 atom stereocenters. The van der Waals surface area contributed by atoms with Crippen molar-refractivity contribution in [1.82, 2.24) is 0 Å². The van der Waals surface area contributed by atoms with Crippen LogP contribution >= 0.6 is 0 Å². The van der Waals surface area contributed by atoms with Gasteiger partial charge in [-0.2, -0.15) is 0 Å². The van der Waals surface area contributed by atoms with Crippen molar-refractivity contribution in [2.45, 2.75) is 50.4 Å². The Balaban J connectivity index is 1.22. The molecule has 1 aromatic heterocycles.